The Morgan fingerprint density at radius 1 is 0.240 bits per heavy atom. The number of fused-ring (bicyclic) bond motifs is 2. The number of amides is 4. The molecule has 4 amide bonds. The first-order valence-corrected chi connectivity index (χ1v) is 54.6. The van der Waals surface area contributed by atoms with Gasteiger partial charge >= 0.3 is 81.7 Å². The SMILES string of the molecule is CC(C)c1cccc(C(C)C)c1N1C(=O)c2cc(Oc3ccc(NS(=O)(=O)O)cc3-c3ccc(NS(=O)(=O)O)cc3)c3c4c(Oc5ccc(NS(=O)(=O)O)cc5-c5ccc(NS(=O)(=O)O)cc5)cc5c6c(cc(Oc7ccc(S(=O)(=O)ON)cc7-c7ccc(S(=O)(=O)ON)cc7)c(c7c(Oc8ccc(S(=O)(=O)ON)cc8-c8ccc(S(=O)(=O)ON)cc8)cc(c2c37)C1=O)c64)C(=O)N(c1c(C(C)C)cccc1C(C)C)C5=O. The van der Waals surface area contributed by atoms with Crippen molar-refractivity contribution >= 4 is 183 Å². The lowest BCUT2D eigenvalue weighted by molar-refractivity contribution is 0.0877. The van der Waals surface area contributed by atoms with Gasteiger partial charge in [0.05, 0.1) is 76.0 Å². The zero-order valence-corrected chi connectivity index (χ0v) is 83.5. The molecule has 0 aliphatic carbocycles. The highest BCUT2D eigenvalue weighted by molar-refractivity contribution is 7.88. The van der Waals surface area contributed by atoms with Gasteiger partial charge in [-0.15, -0.1) is 0 Å². The number of imide groups is 2. The average Bonchev–Trinajstić information content (AvgIpc) is 0.665. The maximum atomic E-state index is 17.4. The molecular weight excluding hydrogens is 2060 g/mol. The van der Waals surface area contributed by atoms with E-state index in [1.807, 2.05) is 18.9 Å². The summed E-state index contributed by atoms with van der Waals surface area (Å²) in [5.41, 5.74) is -2.52. The molecule has 16 N–H and O–H groups in total. The van der Waals surface area contributed by atoms with Gasteiger partial charge in [-0.2, -0.15) is 108 Å². The number of benzene rings is 15. The normalized spacial score (nSPS) is 13.5. The monoisotopic (exact) mass is 2140 g/mol. The molecule has 50 heteroatoms. The van der Waals surface area contributed by atoms with Gasteiger partial charge in [0.2, 0.25) is 0 Å². The standard InChI is InChI=1S/C96H82N10O32S8/c1-47(2)63-11-9-12-64(48(3)4)91(63)105-93(107)71-43-79(131-75-35-27-57(103-145(125,126)127)39-67(75)51-15-23-55(24-16-51)101-143(119,120)121)85-86-80(132-76-36-28-58(104-146(128,129)130)40-68(76)52-17-25-56(26-18-52)102-144(122,123)124)44-72-84-74(96(110)106(94(72)108)92-65(49(5)6)13-10-14-66(92)50(7)8)46-82(134-78-38-34-62(142(117,118)138-100)42-70(78)54-21-31-60(32-22-54)140(113,114)136-98)88(90(84)86)87-81(45-73(95(105)109)83(71)89(85)87)133-77-37-33-61(141(115,116)137-99)41-69(77)53-19-29-59(30-20-53)139(111,112)135-97/h9-50,101-104H,97-100H2,1-8H3,(H,119,120,121)(H,122,123,124)(H,125,126,127)(H,128,129,130). The van der Waals surface area contributed by atoms with E-state index in [1.165, 1.54) is 72.8 Å². The summed E-state index contributed by atoms with van der Waals surface area (Å²) in [4.78, 5) is 69.0. The lowest BCUT2D eigenvalue weighted by atomic mass is 9.80. The number of rotatable bonds is 34. The molecule has 42 nitrogen and oxygen atoms in total. The second kappa shape index (κ2) is 38.1. The Balaban J connectivity index is 1.15. The molecule has 146 heavy (non-hydrogen) atoms. The number of hydrogen-bond acceptors (Lipinski definition) is 32. The molecular formula is C96H82N10O32S8. The first kappa shape index (κ1) is 103. The fourth-order valence-electron chi connectivity index (χ4n) is 17.9. The van der Waals surface area contributed by atoms with Crippen LogP contribution in [0.5, 0.6) is 46.0 Å². The Labute approximate surface area is 833 Å². The molecule has 2 aliphatic rings. The highest BCUT2D eigenvalue weighted by Gasteiger charge is 2.46. The van der Waals surface area contributed by atoms with Crippen LogP contribution in [0.15, 0.2) is 250 Å². The Bertz CT molecular complexity index is 8510. The number of anilines is 6. The van der Waals surface area contributed by atoms with Crippen LogP contribution in [-0.4, -0.2) is 109 Å². The number of nitrogens with zero attached hydrogens (tertiary/aromatic N) is 2. The third kappa shape index (κ3) is 19.7. The smallest absolute Gasteiger partial charge is 0.357 e. The predicted molar refractivity (Wildman–Crippen MR) is 537 cm³/mol. The van der Waals surface area contributed by atoms with Crippen LogP contribution in [0.25, 0.3) is 87.6 Å². The van der Waals surface area contributed by atoms with Crippen LogP contribution in [0, 0.1) is 0 Å². The van der Waals surface area contributed by atoms with E-state index in [0.717, 1.165) is 131 Å². The molecule has 0 aromatic heterocycles. The molecule has 0 unspecified atom stereocenters. The molecule has 756 valence electrons. The predicted octanol–water partition coefficient (Wildman–Crippen LogP) is 16.8. The molecule has 15 aromatic rings. The molecule has 0 spiro atoms. The van der Waals surface area contributed by atoms with Crippen molar-refractivity contribution in [1.29, 1.82) is 0 Å². The minimum atomic E-state index is -5.21. The van der Waals surface area contributed by atoms with Gasteiger partial charge in [0.15, 0.2) is 0 Å². The molecule has 2 aliphatic heterocycles. The highest BCUT2D eigenvalue weighted by Crippen LogP contribution is 2.61. The van der Waals surface area contributed by atoms with Gasteiger partial charge in [0.25, 0.3) is 23.6 Å². The van der Waals surface area contributed by atoms with Crippen LogP contribution in [0.2, 0.25) is 0 Å². The van der Waals surface area contributed by atoms with Gasteiger partial charge in [-0.1, -0.05) is 140 Å². The first-order valence-electron chi connectivity index (χ1n) is 43.2. The third-order valence-electron chi connectivity index (χ3n) is 24.1. The molecule has 17 rings (SSSR count). The van der Waals surface area contributed by atoms with Crippen molar-refractivity contribution in [3.63, 3.8) is 0 Å². The van der Waals surface area contributed by atoms with Crippen molar-refractivity contribution in [2.45, 2.75) is 98.6 Å². The van der Waals surface area contributed by atoms with Crippen LogP contribution in [0.3, 0.4) is 0 Å². The summed E-state index contributed by atoms with van der Waals surface area (Å²) in [6, 6.07) is 46.3. The second-order valence-electron chi connectivity index (χ2n) is 34.6. The van der Waals surface area contributed by atoms with Gasteiger partial charge in [-0.3, -0.25) is 56.3 Å². The largest absolute Gasteiger partial charge is 0.456 e. The van der Waals surface area contributed by atoms with Gasteiger partial charge in [-0.05, 0) is 214 Å². The van der Waals surface area contributed by atoms with Gasteiger partial charge in [0.1, 0.15) is 46.0 Å². The van der Waals surface area contributed by atoms with E-state index in [2.05, 4.69) is 17.1 Å². The van der Waals surface area contributed by atoms with E-state index < -0.39 is 249 Å². The van der Waals surface area contributed by atoms with Crippen molar-refractivity contribution in [2.75, 3.05) is 28.7 Å². The summed E-state index contributed by atoms with van der Waals surface area (Å²) in [5, 5.41) is -3.14. The van der Waals surface area contributed by atoms with Crippen LogP contribution < -0.4 is 71.2 Å². The van der Waals surface area contributed by atoms with E-state index in [-0.39, 0.29) is 89.5 Å². The zero-order chi connectivity index (χ0) is 105. The van der Waals surface area contributed by atoms with E-state index in [1.54, 1.807) is 91.8 Å². The highest BCUT2D eigenvalue weighted by atomic mass is 32.3. The number of hydrogen-bond donors (Lipinski definition) is 12. The Morgan fingerprint density at radius 3 is 0.692 bits per heavy atom. The summed E-state index contributed by atoms with van der Waals surface area (Å²) in [6.45, 7) is 14.3. The minimum absolute atomic E-state index is 0.00593. The van der Waals surface area contributed by atoms with Crippen molar-refractivity contribution in [2.24, 2.45) is 23.6 Å². The van der Waals surface area contributed by atoms with Crippen LogP contribution >= 0.6 is 0 Å². The average molecular weight is 2140 g/mol. The molecule has 0 fully saturated rings. The van der Waals surface area contributed by atoms with Crippen molar-refractivity contribution in [3.05, 3.63) is 275 Å². The summed E-state index contributed by atoms with van der Waals surface area (Å²) in [5.74, 6) is 11.0. The van der Waals surface area contributed by atoms with E-state index in [0.29, 0.717) is 22.3 Å². The number of nitrogens with one attached hydrogen (secondary N) is 4. The Hall–Kier alpha value is -14.6. The number of nitrogens with two attached hydrogens (primary N) is 4. The number of carbonyl (C=O) groups is 4. The quantitative estimate of drug-likeness (QED) is 0.00586. The van der Waals surface area contributed by atoms with Crippen LogP contribution in [0.4, 0.5) is 34.1 Å². The van der Waals surface area contributed by atoms with E-state index in [9.17, 15) is 85.6 Å². The van der Waals surface area contributed by atoms with Crippen LogP contribution in [0.1, 0.15) is 143 Å². The topological polar surface area (TPSA) is 655 Å². The van der Waals surface area contributed by atoms with E-state index >= 15 is 19.2 Å². The molecule has 2 heterocycles. The third-order valence-corrected chi connectivity index (χ3v) is 30.5. The maximum absolute atomic E-state index is 17.4. The Morgan fingerprint density at radius 2 is 0.452 bits per heavy atom. The van der Waals surface area contributed by atoms with Crippen molar-refractivity contribution < 1.29 is 141 Å². The summed E-state index contributed by atoms with van der Waals surface area (Å²) in [6.07, 6.45) is 0. The van der Waals surface area contributed by atoms with Crippen LogP contribution in [-0.2, 0) is 98.8 Å². The second-order valence-corrected chi connectivity index (χ2v) is 45.5. The summed E-state index contributed by atoms with van der Waals surface area (Å²) < 4.78 is 308. The van der Waals surface area contributed by atoms with Crippen molar-refractivity contribution in [1.82, 2.24) is 0 Å². The number of para-hydroxylation sites is 2. The van der Waals surface area contributed by atoms with Crippen molar-refractivity contribution in [3.8, 4) is 90.5 Å². The lowest BCUT2D eigenvalue weighted by Crippen LogP contribution is -2.42. The summed E-state index contributed by atoms with van der Waals surface area (Å²) in [7, 11) is -39.9. The van der Waals surface area contributed by atoms with Gasteiger partial charge < -0.3 is 18.9 Å². The van der Waals surface area contributed by atoms with E-state index in [4.69, 9.17) is 42.5 Å². The molecule has 0 bridgehead atoms. The van der Waals surface area contributed by atoms with Gasteiger partial charge in [-0.25, -0.2) is 9.80 Å². The number of ether oxygens (including phenoxy) is 4. The maximum Gasteiger partial charge on any atom is 0.357 e. The fourth-order valence-corrected chi connectivity index (χ4v) is 22.0. The number of carbonyl (C=O) groups excluding carboxylic acids is 4. The molecule has 0 atom stereocenters. The lowest BCUT2D eigenvalue weighted by Gasteiger charge is -2.35. The fraction of sp³-hybridized carbons (Fsp3) is 0.125. The molecule has 0 saturated carbocycles. The molecule has 0 saturated heterocycles. The molecule has 0 radical (unpaired) electrons. The van der Waals surface area contributed by atoms with Gasteiger partial charge in [0, 0.05) is 65.3 Å². The zero-order valence-electron chi connectivity index (χ0n) is 76.9. The summed E-state index contributed by atoms with van der Waals surface area (Å²) >= 11 is 0. The Kier molecular flexibility index (Phi) is 26.8. The molecule has 15 aromatic carbocycles. The minimum Gasteiger partial charge on any atom is -0.456 e. The first-order chi connectivity index (χ1) is 68.6.